The van der Waals surface area contributed by atoms with Crippen LogP contribution in [-0.2, 0) is 15.0 Å². The van der Waals surface area contributed by atoms with Crippen LogP contribution in [0.15, 0.2) is 29.8 Å². The summed E-state index contributed by atoms with van der Waals surface area (Å²) < 4.78 is 0. The minimum atomic E-state index is -0.473. The maximum Gasteiger partial charge on any atom is 0.263 e. The zero-order valence-electron chi connectivity index (χ0n) is 11.6. The van der Waals surface area contributed by atoms with Crippen LogP contribution >= 0.6 is 12.2 Å². The molecule has 0 bridgehead atoms. The standard InChI is InChI=1S/C15H16N2O2S/c1-15(2,3)10-6-4-9(5-7-10)8-11-12(18)16-14(20)17-13(11)19/h4-8H,1-3H3,(H2,16,17,18,19,20). The van der Waals surface area contributed by atoms with Crippen LogP contribution in [0.5, 0.6) is 0 Å². The Balaban J connectivity index is 2.29. The summed E-state index contributed by atoms with van der Waals surface area (Å²) in [6.07, 6.45) is 1.55. The number of hydrogen-bond donors (Lipinski definition) is 2. The number of carbonyl (C=O) groups excluding carboxylic acids is 2. The highest BCUT2D eigenvalue weighted by Crippen LogP contribution is 2.22. The van der Waals surface area contributed by atoms with Crippen molar-refractivity contribution < 1.29 is 9.59 Å². The lowest BCUT2D eigenvalue weighted by Crippen LogP contribution is -2.51. The Morgan fingerprint density at radius 1 is 1.00 bits per heavy atom. The van der Waals surface area contributed by atoms with E-state index in [1.165, 1.54) is 5.56 Å². The molecule has 1 aromatic carbocycles. The Labute approximate surface area is 123 Å². The minimum Gasteiger partial charge on any atom is -0.299 e. The molecule has 0 spiro atoms. The van der Waals surface area contributed by atoms with Crippen LogP contribution in [0.2, 0.25) is 0 Å². The Bertz CT molecular complexity index is 588. The van der Waals surface area contributed by atoms with Crippen molar-refractivity contribution >= 4 is 35.2 Å². The van der Waals surface area contributed by atoms with Crippen molar-refractivity contribution in [2.24, 2.45) is 0 Å². The lowest BCUT2D eigenvalue weighted by atomic mass is 9.86. The number of rotatable bonds is 1. The minimum absolute atomic E-state index is 0.0419. The van der Waals surface area contributed by atoms with E-state index in [1.54, 1.807) is 6.08 Å². The number of benzene rings is 1. The molecule has 0 aliphatic carbocycles. The van der Waals surface area contributed by atoms with Crippen molar-refractivity contribution in [3.05, 3.63) is 41.0 Å². The van der Waals surface area contributed by atoms with Gasteiger partial charge in [-0.05, 0) is 34.8 Å². The van der Waals surface area contributed by atoms with Crippen LogP contribution in [0.25, 0.3) is 6.08 Å². The monoisotopic (exact) mass is 288 g/mol. The third kappa shape index (κ3) is 3.11. The molecular formula is C15H16N2O2S. The summed E-state index contributed by atoms with van der Waals surface area (Å²) in [6.45, 7) is 6.39. The van der Waals surface area contributed by atoms with Gasteiger partial charge in [0.15, 0.2) is 5.11 Å². The Morgan fingerprint density at radius 3 is 1.95 bits per heavy atom. The molecule has 104 valence electrons. The molecule has 20 heavy (non-hydrogen) atoms. The van der Waals surface area contributed by atoms with E-state index < -0.39 is 11.8 Å². The number of amides is 2. The molecule has 1 aliphatic heterocycles. The number of nitrogens with one attached hydrogen (secondary N) is 2. The molecule has 1 aliphatic rings. The Kier molecular flexibility index (Phi) is 3.72. The third-order valence-electron chi connectivity index (χ3n) is 3.03. The molecule has 0 unspecified atom stereocenters. The van der Waals surface area contributed by atoms with Gasteiger partial charge in [-0.25, -0.2) is 0 Å². The molecule has 1 aromatic rings. The van der Waals surface area contributed by atoms with E-state index in [9.17, 15) is 9.59 Å². The highest BCUT2D eigenvalue weighted by Gasteiger charge is 2.25. The average Bonchev–Trinajstić information content (AvgIpc) is 2.33. The van der Waals surface area contributed by atoms with E-state index in [1.807, 2.05) is 24.3 Å². The van der Waals surface area contributed by atoms with Crippen molar-refractivity contribution in [2.75, 3.05) is 0 Å². The van der Waals surface area contributed by atoms with Crippen molar-refractivity contribution in [1.82, 2.24) is 10.6 Å². The smallest absolute Gasteiger partial charge is 0.263 e. The van der Waals surface area contributed by atoms with Gasteiger partial charge in [-0.15, -0.1) is 0 Å². The van der Waals surface area contributed by atoms with Crippen molar-refractivity contribution in [3.63, 3.8) is 0 Å². The van der Waals surface area contributed by atoms with Crippen LogP contribution in [0.1, 0.15) is 31.9 Å². The zero-order valence-corrected chi connectivity index (χ0v) is 12.4. The van der Waals surface area contributed by atoms with Gasteiger partial charge in [0.25, 0.3) is 11.8 Å². The first-order valence-electron chi connectivity index (χ1n) is 6.26. The molecule has 0 saturated carbocycles. The first-order chi connectivity index (χ1) is 9.27. The van der Waals surface area contributed by atoms with Gasteiger partial charge in [-0.2, -0.15) is 0 Å². The quantitative estimate of drug-likeness (QED) is 0.471. The highest BCUT2D eigenvalue weighted by atomic mass is 32.1. The van der Waals surface area contributed by atoms with Crippen LogP contribution in [-0.4, -0.2) is 16.9 Å². The highest BCUT2D eigenvalue weighted by molar-refractivity contribution is 7.80. The number of thiocarbonyl (C=S) groups is 1. The van der Waals surface area contributed by atoms with Crippen molar-refractivity contribution in [3.8, 4) is 0 Å². The first-order valence-corrected chi connectivity index (χ1v) is 6.67. The predicted octanol–water partition coefficient (Wildman–Crippen LogP) is 1.90. The van der Waals surface area contributed by atoms with E-state index in [4.69, 9.17) is 12.2 Å². The molecule has 0 aromatic heterocycles. The van der Waals surface area contributed by atoms with E-state index in [-0.39, 0.29) is 16.1 Å². The Morgan fingerprint density at radius 2 is 1.50 bits per heavy atom. The average molecular weight is 288 g/mol. The summed E-state index contributed by atoms with van der Waals surface area (Å²) in [7, 11) is 0. The molecule has 5 heteroatoms. The third-order valence-corrected chi connectivity index (χ3v) is 3.24. The van der Waals surface area contributed by atoms with E-state index in [2.05, 4.69) is 31.4 Å². The summed E-state index contributed by atoms with van der Waals surface area (Å²) in [5.41, 5.74) is 2.11. The van der Waals surface area contributed by atoms with Crippen molar-refractivity contribution in [1.29, 1.82) is 0 Å². The second kappa shape index (κ2) is 5.17. The lowest BCUT2D eigenvalue weighted by molar-refractivity contribution is -0.123. The molecular weight excluding hydrogens is 272 g/mol. The maximum absolute atomic E-state index is 11.7. The SMILES string of the molecule is CC(C)(C)c1ccc(C=C2C(=O)NC(=S)NC2=O)cc1. The van der Waals surface area contributed by atoms with Gasteiger partial charge in [0.05, 0.1) is 0 Å². The van der Waals surface area contributed by atoms with Crippen molar-refractivity contribution in [2.45, 2.75) is 26.2 Å². The van der Waals surface area contributed by atoms with Gasteiger partial charge >= 0.3 is 0 Å². The zero-order chi connectivity index (χ0) is 14.9. The van der Waals surface area contributed by atoms with Gasteiger partial charge in [0.2, 0.25) is 0 Å². The first kappa shape index (κ1) is 14.4. The van der Waals surface area contributed by atoms with E-state index in [0.29, 0.717) is 0 Å². The fourth-order valence-electron chi connectivity index (χ4n) is 1.85. The second-order valence-corrected chi connectivity index (χ2v) is 6.08. The molecule has 0 atom stereocenters. The summed E-state index contributed by atoms with van der Waals surface area (Å²) in [6, 6.07) is 7.77. The topological polar surface area (TPSA) is 58.2 Å². The molecule has 1 heterocycles. The predicted molar refractivity (Wildman–Crippen MR) is 82.0 cm³/mol. The summed E-state index contributed by atoms with van der Waals surface area (Å²) in [5, 5.41) is 4.86. The molecule has 1 fully saturated rings. The maximum atomic E-state index is 11.7. The van der Waals surface area contributed by atoms with Crippen LogP contribution < -0.4 is 10.6 Å². The fraction of sp³-hybridized carbons (Fsp3) is 0.267. The Hall–Kier alpha value is -2.01. The van der Waals surface area contributed by atoms with Crippen LogP contribution in [0.4, 0.5) is 0 Å². The van der Waals surface area contributed by atoms with Crippen LogP contribution in [0, 0.1) is 0 Å². The number of hydrogen-bond acceptors (Lipinski definition) is 3. The molecule has 2 rings (SSSR count). The van der Waals surface area contributed by atoms with E-state index in [0.717, 1.165) is 5.56 Å². The molecule has 2 amide bonds. The second-order valence-electron chi connectivity index (χ2n) is 5.67. The van der Waals surface area contributed by atoms with Gasteiger partial charge in [-0.1, -0.05) is 45.0 Å². The lowest BCUT2D eigenvalue weighted by Gasteiger charge is -2.19. The van der Waals surface area contributed by atoms with E-state index >= 15 is 0 Å². The van der Waals surface area contributed by atoms with Gasteiger partial charge in [0.1, 0.15) is 5.57 Å². The summed E-state index contributed by atoms with van der Waals surface area (Å²) in [5.74, 6) is -0.947. The van der Waals surface area contributed by atoms with Gasteiger partial charge < -0.3 is 0 Å². The van der Waals surface area contributed by atoms with Gasteiger partial charge in [-0.3, -0.25) is 20.2 Å². The van der Waals surface area contributed by atoms with Gasteiger partial charge in [0, 0.05) is 0 Å². The normalized spacial score (nSPS) is 15.8. The largest absolute Gasteiger partial charge is 0.299 e. The molecule has 1 saturated heterocycles. The number of carbonyl (C=O) groups is 2. The summed E-state index contributed by atoms with van der Waals surface area (Å²) >= 11 is 4.74. The summed E-state index contributed by atoms with van der Waals surface area (Å²) in [4.78, 5) is 23.4. The van der Waals surface area contributed by atoms with Crippen LogP contribution in [0.3, 0.4) is 0 Å². The molecule has 0 radical (unpaired) electrons. The molecule has 2 N–H and O–H groups in total. The fourth-order valence-corrected chi connectivity index (χ4v) is 2.04. The molecule has 4 nitrogen and oxygen atoms in total.